The third kappa shape index (κ3) is 2.13. The summed E-state index contributed by atoms with van der Waals surface area (Å²) < 4.78 is 0. The topological polar surface area (TPSA) is 18.5 Å². The van der Waals surface area contributed by atoms with Gasteiger partial charge in [0.2, 0.25) is 0 Å². The molecule has 3 heteroatoms. The van der Waals surface area contributed by atoms with Gasteiger partial charge < -0.3 is 4.90 Å². The van der Waals surface area contributed by atoms with Crippen LogP contribution in [-0.4, -0.2) is 48.2 Å². The van der Waals surface area contributed by atoms with Gasteiger partial charge in [-0.1, -0.05) is 6.42 Å². The predicted octanol–water partition coefficient (Wildman–Crippen LogP) is 1.60. The molecule has 0 aromatic heterocycles. The standard InChI is InChI=1S/C13H25N3/c1-15-12-5-6-13(15)10-11(9-12)14-16-7-3-2-4-8-16/h11-14H,2-10H2,1H3. The molecule has 1 N–H and O–H groups in total. The summed E-state index contributed by atoms with van der Waals surface area (Å²) in [6.07, 6.45) is 9.78. The Morgan fingerprint density at radius 3 is 2.19 bits per heavy atom. The van der Waals surface area contributed by atoms with E-state index in [-0.39, 0.29) is 0 Å². The van der Waals surface area contributed by atoms with Crippen molar-refractivity contribution in [3.8, 4) is 0 Å². The van der Waals surface area contributed by atoms with Gasteiger partial charge in [-0.05, 0) is 45.6 Å². The second-order valence-electron chi connectivity index (χ2n) is 5.90. The second kappa shape index (κ2) is 4.63. The van der Waals surface area contributed by atoms with E-state index < -0.39 is 0 Å². The van der Waals surface area contributed by atoms with Crippen molar-refractivity contribution in [1.29, 1.82) is 0 Å². The van der Waals surface area contributed by atoms with Crippen LogP contribution in [0.3, 0.4) is 0 Å². The number of rotatable bonds is 2. The highest BCUT2D eigenvalue weighted by molar-refractivity contribution is 4.95. The van der Waals surface area contributed by atoms with Gasteiger partial charge in [0.15, 0.2) is 0 Å². The van der Waals surface area contributed by atoms with Crippen LogP contribution in [0.25, 0.3) is 0 Å². The zero-order valence-corrected chi connectivity index (χ0v) is 10.5. The minimum Gasteiger partial charge on any atom is -0.300 e. The highest BCUT2D eigenvalue weighted by Gasteiger charge is 2.38. The summed E-state index contributed by atoms with van der Waals surface area (Å²) >= 11 is 0. The zero-order chi connectivity index (χ0) is 11.0. The Hall–Kier alpha value is -0.120. The molecule has 0 radical (unpaired) electrons. The molecular weight excluding hydrogens is 198 g/mol. The number of piperidine rings is 2. The smallest absolute Gasteiger partial charge is 0.0245 e. The van der Waals surface area contributed by atoms with Gasteiger partial charge in [0.1, 0.15) is 0 Å². The van der Waals surface area contributed by atoms with Gasteiger partial charge >= 0.3 is 0 Å². The number of hydrogen-bond donors (Lipinski definition) is 1. The molecule has 3 aliphatic rings. The van der Waals surface area contributed by atoms with E-state index in [9.17, 15) is 0 Å². The molecule has 3 heterocycles. The van der Waals surface area contributed by atoms with E-state index in [1.54, 1.807) is 0 Å². The van der Waals surface area contributed by atoms with Gasteiger partial charge in [-0.25, -0.2) is 5.01 Å². The molecule has 2 unspecified atom stereocenters. The SMILES string of the molecule is CN1C2CCC1CC(NN1CCCCC1)C2. The van der Waals surface area contributed by atoms with Crippen molar-refractivity contribution >= 4 is 0 Å². The van der Waals surface area contributed by atoms with Crippen molar-refractivity contribution in [3.05, 3.63) is 0 Å². The molecule has 3 aliphatic heterocycles. The number of fused-ring (bicyclic) bond motifs is 2. The molecule has 0 aromatic carbocycles. The Morgan fingerprint density at radius 2 is 1.56 bits per heavy atom. The van der Waals surface area contributed by atoms with Crippen LogP contribution in [0.1, 0.15) is 44.9 Å². The summed E-state index contributed by atoms with van der Waals surface area (Å²) in [6, 6.07) is 2.48. The van der Waals surface area contributed by atoms with Crippen LogP contribution in [0.4, 0.5) is 0 Å². The molecule has 2 bridgehead atoms. The van der Waals surface area contributed by atoms with Crippen molar-refractivity contribution in [2.24, 2.45) is 0 Å². The normalized spacial score (nSPS) is 41.4. The number of hydrogen-bond acceptors (Lipinski definition) is 3. The van der Waals surface area contributed by atoms with Crippen LogP contribution >= 0.6 is 0 Å². The highest BCUT2D eigenvalue weighted by atomic mass is 15.5. The van der Waals surface area contributed by atoms with Crippen molar-refractivity contribution in [3.63, 3.8) is 0 Å². The summed E-state index contributed by atoms with van der Waals surface area (Å²) in [7, 11) is 2.32. The molecule has 2 atom stereocenters. The third-order valence-corrected chi connectivity index (χ3v) is 4.82. The van der Waals surface area contributed by atoms with Gasteiger partial charge in [0.25, 0.3) is 0 Å². The fraction of sp³-hybridized carbons (Fsp3) is 1.00. The predicted molar refractivity (Wildman–Crippen MR) is 66.2 cm³/mol. The summed E-state index contributed by atoms with van der Waals surface area (Å²) in [5.74, 6) is 0. The Kier molecular flexibility index (Phi) is 3.18. The Balaban J connectivity index is 1.53. The van der Waals surface area contributed by atoms with Gasteiger partial charge in [-0.2, -0.15) is 0 Å². The first-order chi connectivity index (χ1) is 7.83. The Bertz CT molecular complexity index is 223. The minimum atomic E-state index is 0.756. The third-order valence-electron chi connectivity index (χ3n) is 4.82. The molecule has 3 fully saturated rings. The molecule has 3 rings (SSSR count). The molecular formula is C13H25N3. The molecule has 0 spiro atoms. The summed E-state index contributed by atoms with van der Waals surface area (Å²) in [5.41, 5.74) is 3.79. The zero-order valence-electron chi connectivity index (χ0n) is 10.5. The lowest BCUT2D eigenvalue weighted by Crippen LogP contribution is -2.53. The van der Waals surface area contributed by atoms with E-state index in [4.69, 9.17) is 0 Å². The maximum atomic E-state index is 3.79. The van der Waals surface area contributed by atoms with Crippen molar-refractivity contribution < 1.29 is 0 Å². The van der Waals surface area contributed by atoms with E-state index >= 15 is 0 Å². The lowest BCUT2D eigenvalue weighted by molar-refractivity contribution is 0.0736. The first-order valence-electron chi connectivity index (χ1n) is 7.06. The average molecular weight is 223 g/mol. The lowest BCUT2D eigenvalue weighted by Gasteiger charge is -2.40. The van der Waals surface area contributed by atoms with E-state index in [2.05, 4.69) is 22.4 Å². The maximum Gasteiger partial charge on any atom is 0.0245 e. The van der Waals surface area contributed by atoms with Crippen molar-refractivity contribution in [2.75, 3.05) is 20.1 Å². The molecule has 3 saturated heterocycles. The molecule has 0 amide bonds. The fourth-order valence-corrected chi connectivity index (χ4v) is 3.80. The molecule has 92 valence electrons. The molecule has 0 aromatic rings. The number of nitrogens with zero attached hydrogens (tertiary/aromatic N) is 2. The van der Waals surface area contributed by atoms with Crippen LogP contribution in [0.5, 0.6) is 0 Å². The molecule has 3 nitrogen and oxygen atoms in total. The first-order valence-corrected chi connectivity index (χ1v) is 7.06. The molecule has 0 aliphatic carbocycles. The molecule has 16 heavy (non-hydrogen) atoms. The first kappa shape index (κ1) is 11.0. The highest BCUT2D eigenvalue weighted by Crippen LogP contribution is 2.34. The summed E-state index contributed by atoms with van der Waals surface area (Å²) in [6.45, 7) is 2.53. The van der Waals surface area contributed by atoms with Crippen molar-refractivity contribution in [2.45, 2.75) is 63.1 Å². The molecule has 0 saturated carbocycles. The fourth-order valence-electron chi connectivity index (χ4n) is 3.80. The van der Waals surface area contributed by atoms with E-state index in [0.717, 1.165) is 18.1 Å². The van der Waals surface area contributed by atoms with Crippen LogP contribution in [0.15, 0.2) is 0 Å². The van der Waals surface area contributed by atoms with Crippen LogP contribution in [0, 0.1) is 0 Å². The van der Waals surface area contributed by atoms with E-state index in [1.807, 2.05) is 0 Å². The van der Waals surface area contributed by atoms with Gasteiger partial charge in [-0.3, -0.25) is 5.43 Å². The van der Waals surface area contributed by atoms with Crippen LogP contribution in [0.2, 0.25) is 0 Å². The number of nitrogens with one attached hydrogen (secondary N) is 1. The Labute approximate surface area is 99.1 Å². The maximum absolute atomic E-state index is 3.79. The largest absolute Gasteiger partial charge is 0.300 e. The van der Waals surface area contributed by atoms with Gasteiger partial charge in [0.05, 0.1) is 0 Å². The van der Waals surface area contributed by atoms with Gasteiger partial charge in [0, 0.05) is 31.2 Å². The average Bonchev–Trinajstić information content (AvgIpc) is 2.54. The second-order valence-corrected chi connectivity index (χ2v) is 5.90. The van der Waals surface area contributed by atoms with Gasteiger partial charge in [-0.15, -0.1) is 0 Å². The van der Waals surface area contributed by atoms with Crippen LogP contribution < -0.4 is 5.43 Å². The quantitative estimate of drug-likeness (QED) is 0.767. The van der Waals surface area contributed by atoms with E-state index in [1.165, 1.54) is 58.0 Å². The Morgan fingerprint density at radius 1 is 0.938 bits per heavy atom. The van der Waals surface area contributed by atoms with Crippen molar-refractivity contribution in [1.82, 2.24) is 15.3 Å². The number of hydrazine groups is 1. The minimum absolute atomic E-state index is 0.756. The van der Waals surface area contributed by atoms with E-state index in [0.29, 0.717) is 0 Å². The monoisotopic (exact) mass is 223 g/mol. The summed E-state index contributed by atoms with van der Waals surface area (Å²) in [5, 5.41) is 2.49. The lowest BCUT2D eigenvalue weighted by atomic mass is 9.98. The summed E-state index contributed by atoms with van der Waals surface area (Å²) in [4.78, 5) is 2.62. The van der Waals surface area contributed by atoms with Crippen LogP contribution in [-0.2, 0) is 0 Å².